The van der Waals surface area contributed by atoms with Crippen LogP contribution in [-0.2, 0) is 11.8 Å². The SMILES string of the molecule is Cn1cccc1C(=O)NNC(=O)[C@@H]1CCCN(C(=O)N2CCCC2)C1. The van der Waals surface area contributed by atoms with Crippen molar-refractivity contribution in [1.29, 1.82) is 0 Å². The Morgan fingerprint density at radius 3 is 2.44 bits per heavy atom. The van der Waals surface area contributed by atoms with Gasteiger partial charge in [-0.15, -0.1) is 0 Å². The molecule has 1 aromatic rings. The molecule has 8 nitrogen and oxygen atoms in total. The summed E-state index contributed by atoms with van der Waals surface area (Å²) in [5.41, 5.74) is 5.41. The highest BCUT2D eigenvalue weighted by Gasteiger charge is 2.31. The number of carbonyl (C=O) groups excluding carboxylic acids is 3. The van der Waals surface area contributed by atoms with E-state index in [2.05, 4.69) is 10.9 Å². The number of hydrazine groups is 1. The van der Waals surface area contributed by atoms with Crippen LogP contribution in [0, 0.1) is 5.92 Å². The van der Waals surface area contributed by atoms with E-state index in [0.29, 0.717) is 18.8 Å². The van der Waals surface area contributed by atoms with E-state index < -0.39 is 0 Å². The Morgan fingerprint density at radius 1 is 1.04 bits per heavy atom. The number of nitrogens with zero attached hydrogens (tertiary/aromatic N) is 3. The Bertz CT molecular complexity index is 650. The molecule has 2 aliphatic rings. The lowest BCUT2D eigenvalue weighted by Gasteiger charge is -2.34. The van der Waals surface area contributed by atoms with Crippen molar-refractivity contribution < 1.29 is 14.4 Å². The second-order valence-corrected chi connectivity index (χ2v) is 6.71. The van der Waals surface area contributed by atoms with E-state index in [1.165, 1.54) is 0 Å². The first-order valence-corrected chi connectivity index (χ1v) is 8.81. The molecular weight excluding hydrogens is 322 g/mol. The summed E-state index contributed by atoms with van der Waals surface area (Å²) in [4.78, 5) is 40.5. The third kappa shape index (κ3) is 3.94. The summed E-state index contributed by atoms with van der Waals surface area (Å²) in [5.74, 6) is -0.905. The van der Waals surface area contributed by atoms with Gasteiger partial charge in [-0.05, 0) is 37.8 Å². The molecule has 0 saturated carbocycles. The molecule has 2 N–H and O–H groups in total. The van der Waals surface area contributed by atoms with Gasteiger partial charge in [-0.2, -0.15) is 0 Å². The minimum atomic E-state index is -0.360. The predicted molar refractivity (Wildman–Crippen MR) is 91.5 cm³/mol. The van der Waals surface area contributed by atoms with Crippen LogP contribution in [0.2, 0.25) is 0 Å². The number of rotatable bonds is 2. The molecule has 1 aromatic heterocycles. The molecule has 0 aromatic carbocycles. The molecule has 0 aliphatic carbocycles. The average molecular weight is 347 g/mol. The van der Waals surface area contributed by atoms with Gasteiger partial charge in [0.05, 0.1) is 5.92 Å². The van der Waals surface area contributed by atoms with Crippen LogP contribution in [0.25, 0.3) is 0 Å². The summed E-state index contributed by atoms with van der Waals surface area (Å²) in [5, 5.41) is 0. The molecule has 0 unspecified atom stereocenters. The number of carbonyl (C=O) groups is 3. The normalized spacial score (nSPS) is 20.4. The molecule has 136 valence electrons. The predicted octanol–water partition coefficient (Wildman–Crippen LogP) is 0.714. The van der Waals surface area contributed by atoms with Crippen LogP contribution >= 0.6 is 0 Å². The minimum absolute atomic E-state index is 0.0304. The zero-order chi connectivity index (χ0) is 17.8. The van der Waals surface area contributed by atoms with Crippen LogP contribution in [0.4, 0.5) is 4.79 Å². The van der Waals surface area contributed by atoms with Gasteiger partial charge in [-0.25, -0.2) is 4.79 Å². The van der Waals surface area contributed by atoms with Gasteiger partial charge in [-0.1, -0.05) is 0 Å². The van der Waals surface area contributed by atoms with E-state index in [1.54, 1.807) is 34.8 Å². The molecule has 0 spiro atoms. The quantitative estimate of drug-likeness (QED) is 0.773. The fourth-order valence-corrected chi connectivity index (χ4v) is 3.45. The second-order valence-electron chi connectivity index (χ2n) is 6.71. The molecule has 3 heterocycles. The molecule has 2 aliphatic heterocycles. The summed E-state index contributed by atoms with van der Waals surface area (Å²) >= 11 is 0. The van der Waals surface area contributed by atoms with Gasteiger partial charge in [0, 0.05) is 39.4 Å². The third-order valence-corrected chi connectivity index (χ3v) is 4.91. The fourth-order valence-electron chi connectivity index (χ4n) is 3.45. The molecule has 1 atom stereocenters. The number of aryl methyl sites for hydroxylation is 1. The van der Waals surface area contributed by atoms with Crippen LogP contribution in [0.1, 0.15) is 36.2 Å². The molecule has 25 heavy (non-hydrogen) atoms. The van der Waals surface area contributed by atoms with Gasteiger partial charge in [0.15, 0.2) is 0 Å². The van der Waals surface area contributed by atoms with Crippen molar-refractivity contribution in [2.75, 3.05) is 26.2 Å². The Balaban J connectivity index is 1.50. The van der Waals surface area contributed by atoms with E-state index in [4.69, 9.17) is 0 Å². The Kier molecular flexibility index (Phi) is 5.25. The van der Waals surface area contributed by atoms with Gasteiger partial charge in [-0.3, -0.25) is 20.4 Å². The van der Waals surface area contributed by atoms with Gasteiger partial charge in [0.25, 0.3) is 5.91 Å². The van der Waals surface area contributed by atoms with Crippen LogP contribution in [0.15, 0.2) is 18.3 Å². The number of hydrogen-bond acceptors (Lipinski definition) is 3. The number of piperidine rings is 1. The third-order valence-electron chi connectivity index (χ3n) is 4.91. The molecule has 0 radical (unpaired) electrons. The highest BCUT2D eigenvalue weighted by Crippen LogP contribution is 2.19. The number of aromatic nitrogens is 1. The summed E-state index contributed by atoms with van der Waals surface area (Å²) in [6.07, 6.45) is 5.38. The second kappa shape index (κ2) is 7.58. The maximum atomic E-state index is 12.5. The van der Waals surface area contributed by atoms with Crippen molar-refractivity contribution in [3.63, 3.8) is 0 Å². The first kappa shape index (κ1) is 17.3. The smallest absolute Gasteiger partial charge is 0.320 e. The maximum Gasteiger partial charge on any atom is 0.320 e. The number of amides is 4. The summed E-state index contributed by atoms with van der Waals surface area (Å²) in [6, 6.07) is 3.47. The highest BCUT2D eigenvalue weighted by molar-refractivity contribution is 5.94. The van der Waals surface area contributed by atoms with E-state index in [1.807, 2.05) is 4.90 Å². The van der Waals surface area contributed by atoms with E-state index >= 15 is 0 Å². The topological polar surface area (TPSA) is 86.7 Å². The number of urea groups is 1. The van der Waals surface area contributed by atoms with Gasteiger partial charge >= 0.3 is 6.03 Å². The van der Waals surface area contributed by atoms with Crippen LogP contribution in [0.3, 0.4) is 0 Å². The summed E-state index contributed by atoms with van der Waals surface area (Å²) < 4.78 is 1.68. The van der Waals surface area contributed by atoms with Gasteiger partial charge in [0.1, 0.15) is 5.69 Å². The van der Waals surface area contributed by atoms with E-state index in [9.17, 15) is 14.4 Å². The van der Waals surface area contributed by atoms with Crippen molar-refractivity contribution >= 4 is 17.8 Å². The lowest BCUT2D eigenvalue weighted by atomic mass is 9.97. The molecule has 4 amide bonds. The van der Waals surface area contributed by atoms with Crippen molar-refractivity contribution in [1.82, 2.24) is 25.2 Å². The first-order valence-electron chi connectivity index (χ1n) is 8.81. The highest BCUT2D eigenvalue weighted by atomic mass is 16.2. The zero-order valence-electron chi connectivity index (χ0n) is 14.5. The first-order chi connectivity index (χ1) is 12.1. The van der Waals surface area contributed by atoms with E-state index in [0.717, 1.165) is 38.8 Å². The van der Waals surface area contributed by atoms with Crippen molar-refractivity contribution in [2.45, 2.75) is 25.7 Å². The molecule has 8 heteroatoms. The molecule has 3 rings (SSSR count). The van der Waals surface area contributed by atoms with Crippen LogP contribution in [0.5, 0.6) is 0 Å². The monoisotopic (exact) mass is 347 g/mol. The Hall–Kier alpha value is -2.51. The van der Waals surface area contributed by atoms with E-state index in [-0.39, 0.29) is 23.8 Å². The van der Waals surface area contributed by atoms with Crippen molar-refractivity contribution in [3.05, 3.63) is 24.0 Å². The maximum absolute atomic E-state index is 12.5. The Labute approximate surface area is 147 Å². The number of nitrogens with one attached hydrogen (secondary N) is 2. The fraction of sp³-hybridized carbons (Fsp3) is 0.588. The Morgan fingerprint density at radius 2 is 1.76 bits per heavy atom. The summed E-state index contributed by atoms with van der Waals surface area (Å²) in [7, 11) is 1.76. The molecular formula is C17H25N5O3. The lowest BCUT2D eigenvalue weighted by Crippen LogP contribution is -2.52. The lowest BCUT2D eigenvalue weighted by molar-refractivity contribution is -0.127. The van der Waals surface area contributed by atoms with Crippen molar-refractivity contribution in [3.8, 4) is 0 Å². The summed E-state index contributed by atoms with van der Waals surface area (Å²) in [6.45, 7) is 2.70. The number of likely N-dealkylation sites (tertiary alicyclic amines) is 2. The standard InChI is InChI=1S/C17H25N5O3/c1-20-8-5-7-14(20)16(24)19-18-15(23)13-6-4-11-22(12-13)17(25)21-9-2-3-10-21/h5,7-8,13H,2-4,6,9-12H2,1H3,(H,18,23)(H,19,24)/t13-/m1/s1. The minimum Gasteiger partial charge on any atom is -0.347 e. The molecule has 2 fully saturated rings. The van der Waals surface area contributed by atoms with Gasteiger partial charge < -0.3 is 14.4 Å². The van der Waals surface area contributed by atoms with Crippen molar-refractivity contribution in [2.24, 2.45) is 13.0 Å². The molecule has 2 saturated heterocycles. The largest absolute Gasteiger partial charge is 0.347 e. The van der Waals surface area contributed by atoms with Crippen LogP contribution in [-0.4, -0.2) is 58.4 Å². The zero-order valence-corrected chi connectivity index (χ0v) is 14.5. The van der Waals surface area contributed by atoms with Crippen LogP contribution < -0.4 is 10.9 Å². The number of hydrogen-bond donors (Lipinski definition) is 2. The van der Waals surface area contributed by atoms with Gasteiger partial charge in [0.2, 0.25) is 5.91 Å². The average Bonchev–Trinajstić information content (AvgIpc) is 3.30. The molecule has 0 bridgehead atoms.